The number of hydrogen-bond donors (Lipinski definition) is 2. The van der Waals surface area contributed by atoms with Crippen molar-refractivity contribution in [2.75, 3.05) is 18.9 Å². The Morgan fingerprint density at radius 3 is 2.85 bits per heavy atom. The van der Waals surface area contributed by atoms with Gasteiger partial charge >= 0.3 is 0 Å². The van der Waals surface area contributed by atoms with Crippen LogP contribution in [0.3, 0.4) is 0 Å². The normalized spacial score (nSPS) is 11.5. The van der Waals surface area contributed by atoms with Gasteiger partial charge in [0.1, 0.15) is 5.65 Å². The molecule has 3 aromatic heterocycles. The molecule has 0 aliphatic heterocycles. The Labute approximate surface area is 155 Å². The van der Waals surface area contributed by atoms with E-state index < -0.39 is 5.92 Å². The summed E-state index contributed by atoms with van der Waals surface area (Å²) in [5.74, 6) is -2.82. The van der Waals surface area contributed by atoms with E-state index in [1.54, 1.807) is 18.6 Å². The molecular formula is C19H21F2N5O. The second-order valence-electron chi connectivity index (χ2n) is 6.30. The molecule has 8 heteroatoms. The van der Waals surface area contributed by atoms with Gasteiger partial charge in [-0.1, -0.05) is 0 Å². The van der Waals surface area contributed by atoms with Crippen LogP contribution in [0.5, 0.6) is 0 Å². The molecule has 0 fully saturated rings. The molecule has 0 bridgehead atoms. The van der Waals surface area contributed by atoms with Crippen molar-refractivity contribution in [3.8, 4) is 5.69 Å². The molecule has 0 saturated heterocycles. The standard InChI is InChI=1S/C19H21F2N5O/c1-22-16-9-17(12-24-11-16)26-7-3-15-8-14(10-25-18(15)26)2-4-19(20,21)5-6-23-13-27/h3,7-13,22H,2,4-6H2,1H3,(H,23,27). The average molecular weight is 373 g/mol. The van der Waals surface area contributed by atoms with Crippen molar-refractivity contribution >= 4 is 23.1 Å². The largest absolute Gasteiger partial charge is 0.387 e. The van der Waals surface area contributed by atoms with Crippen LogP contribution in [0.2, 0.25) is 0 Å². The van der Waals surface area contributed by atoms with E-state index in [0.717, 1.165) is 28.0 Å². The average Bonchev–Trinajstić information content (AvgIpc) is 3.10. The number of carbonyl (C=O) groups excluding carboxylic acids is 1. The number of amides is 1. The molecule has 0 atom stereocenters. The second kappa shape index (κ2) is 8.11. The summed E-state index contributed by atoms with van der Waals surface area (Å²) in [5.41, 5.74) is 3.25. The highest BCUT2D eigenvalue weighted by Crippen LogP contribution is 2.26. The maximum Gasteiger partial charge on any atom is 0.250 e. The molecule has 2 N–H and O–H groups in total. The van der Waals surface area contributed by atoms with Crippen molar-refractivity contribution < 1.29 is 13.6 Å². The van der Waals surface area contributed by atoms with Crippen LogP contribution in [0, 0.1) is 0 Å². The quantitative estimate of drug-likeness (QED) is 0.446. The van der Waals surface area contributed by atoms with Crippen molar-refractivity contribution in [2.45, 2.75) is 25.2 Å². The number of carbonyl (C=O) groups is 1. The Balaban J connectivity index is 1.74. The SMILES string of the molecule is CNc1cncc(-n2ccc3cc(CCC(F)(F)CCNC=O)cnc32)c1. The summed E-state index contributed by atoms with van der Waals surface area (Å²) in [6, 6.07) is 5.74. The Morgan fingerprint density at radius 2 is 2.07 bits per heavy atom. The van der Waals surface area contributed by atoms with Crippen molar-refractivity contribution in [3.05, 3.63) is 48.5 Å². The molecule has 0 aliphatic rings. The maximum atomic E-state index is 13.9. The highest BCUT2D eigenvalue weighted by molar-refractivity contribution is 5.78. The van der Waals surface area contributed by atoms with Crippen molar-refractivity contribution in [2.24, 2.45) is 0 Å². The van der Waals surface area contributed by atoms with E-state index >= 15 is 0 Å². The Bertz CT molecular complexity index is 925. The minimum Gasteiger partial charge on any atom is -0.387 e. The van der Waals surface area contributed by atoms with Gasteiger partial charge in [0.15, 0.2) is 0 Å². The topological polar surface area (TPSA) is 71.8 Å². The Morgan fingerprint density at radius 1 is 1.22 bits per heavy atom. The van der Waals surface area contributed by atoms with E-state index in [1.807, 2.05) is 36.0 Å². The van der Waals surface area contributed by atoms with Gasteiger partial charge in [0, 0.05) is 44.2 Å². The van der Waals surface area contributed by atoms with Crippen LogP contribution >= 0.6 is 0 Å². The zero-order valence-electron chi connectivity index (χ0n) is 15.0. The fraction of sp³-hybridized carbons (Fsp3) is 0.316. The number of anilines is 1. The highest BCUT2D eigenvalue weighted by Gasteiger charge is 2.27. The van der Waals surface area contributed by atoms with Gasteiger partial charge in [-0.15, -0.1) is 0 Å². The molecule has 0 saturated carbocycles. The number of hydrogen-bond acceptors (Lipinski definition) is 4. The molecule has 0 spiro atoms. The molecular weight excluding hydrogens is 352 g/mol. The lowest BCUT2D eigenvalue weighted by Gasteiger charge is -2.15. The lowest BCUT2D eigenvalue weighted by molar-refractivity contribution is -0.109. The van der Waals surface area contributed by atoms with Gasteiger partial charge < -0.3 is 10.6 Å². The summed E-state index contributed by atoms with van der Waals surface area (Å²) >= 11 is 0. The van der Waals surface area contributed by atoms with E-state index in [9.17, 15) is 13.6 Å². The Kier molecular flexibility index (Phi) is 5.63. The number of rotatable bonds is 9. The van der Waals surface area contributed by atoms with Gasteiger partial charge in [-0.3, -0.25) is 14.3 Å². The lowest BCUT2D eigenvalue weighted by Crippen LogP contribution is -2.24. The van der Waals surface area contributed by atoms with E-state index in [0.29, 0.717) is 6.41 Å². The number of nitrogens with one attached hydrogen (secondary N) is 2. The summed E-state index contributed by atoms with van der Waals surface area (Å²) in [7, 11) is 1.82. The number of aryl methyl sites for hydroxylation is 1. The molecule has 3 rings (SSSR count). The summed E-state index contributed by atoms with van der Waals surface area (Å²) < 4.78 is 29.6. The minimum absolute atomic E-state index is 0.0314. The predicted molar refractivity (Wildman–Crippen MR) is 100 cm³/mol. The fourth-order valence-corrected chi connectivity index (χ4v) is 2.88. The van der Waals surface area contributed by atoms with Crippen LogP contribution in [0.1, 0.15) is 18.4 Å². The van der Waals surface area contributed by atoms with Crippen LogP contribution < -0.4 is 10.6 Å². The first-order valence-electron chi connectivity index (χ1n) is 8.66. The third-order valence-electron chi connectivity index (χ3n) is 4.37. The monoisotopic (exact) mass is 373 g/mol. The number of pyridine rings is 2. The van der Waals surface area contributed by atoms with Gasteiger partial charge in [0.25, 0.3) is 0 Å². The smallest absolute Gasteiger partial charge is 0.250 e. The van der Waals surface area contributed by atoms with E-state index in [-0.39, 0.29) is 25.8 Å². The first kappa shape index (κ1) is 18.8. The number of aromatic nitrogens is 3. The third-order valence-corrected chi connectivity index (χ3v) is 4.37. The summed E-state index contributed by atoms with van der Waals surface area (Å²) in [4.78, 5) is 18.8. The Hall–Kier alpha value is -3.03. The van der Waals surface area contributed by atoms with Gasteiger partial charge in [-0.2, -0.15) is 0 Å². The van der Waals surface area contributed by atoms with Crippen molar-refractivity contribution in [1.82, 2.24) is 19.9 Å². The summed E-state index contributed by atoms with van der Waals surface area (Å²) in [6.07, 6.45) is 6.99. The number of alkyl halides is 2. The fourth-order valence-electron chi connectivity index (χ4n) is 2.88. The maximum absolute atomic E-state index is 13.9. The number of nitrogens with zero attached hydrogens (tertiary/aromatic N) is 3. The van der Waals surface area contributed by atoms with Gasteiger partial charge in [-0.25, -0.2) is 13.8 Å². The molecule has 3 aromatic rings. The molecule has 0 aromatic carbocycles. The molecule has 0 radical (unpaired) electrons. The van der Waals surface area contributed by atoms with E-state index in [4.69, 9.17) is 0 Å². The van der Waals surface area contributed by atoms with Gasteiger partial charge in [0.2, 0.25) is 12.3 Å². The number of fused-ring (bicyclic) bond motifs is 1. The van der Waals surface area contributed by atoms with Gasteiger partial charge in [0.05, 0.1) is 23.8 Å². The van der Waals surface area contributed by atoms with Crippen LogP contribution in [0.25, 0.3) is 16.7 Å². The second-order valence-corrected chi connectivity index (χ2v) is 6.30. The molecule has 6 nitrogen and oxygen atoms in total. The predicted octanol–water partition coefficient (Wildman–Crippen LogP) is 3.17. The zero-order chi connectivity index (χ0) is 19.3. The molecule has 0 aliphatic carbocycles. The van der Waals surface area contributed by atoms with Crippen LogP contribution in [0.15, 0.2) is 43.0 Å². The van der Waals surface area contributed by atoms with Crippen molar-refractivity contribution in [1.29, 1.82) is 0 Å². The van der Waals surface area contributed by atoms with E-state index in [2.05, 4.69) is 20.6 Å². The van der Waals surface area contributed by atoms with Gasteiger partial charge in [-0.05, 0) is 30.2 Å². The van der Waals surface area contributed by atoms with Crippen molar-refractivity contribution in [3.63, 3.8) is 0 Å². The highest BCUT2D eigenvalue weighted by atomic mass is 19.3. The molecule has 0 unspecified atom stereocenters. The van der Waals surface area contributed by atoms with Crippen LogP contribution in [0.4, 0.5) is 14.5 Å². The van der Waals surface area contributed by atoms with Crippen LogP contribution in [-0.2, 0) is 11.2 Å². The first-order chi connectivity index (χ1) is 13.0. The third kappa shape index (κ3) is 4.58. The summed E-state index contributed by atoms with van der Waals surface area (Å²) in [5, 5.41) is 6.20. The lowest BCUT2D eigenvalue weighted by atomic mass is 10.0. The minimum atomic E-state index is -2.82. The first-order valence-corrected chi connectivity index (χ1v) is 8.66. The van der Waals surface area contributed by atoms with Crippen LogP contribution in [-0.4, -0.2) is 40.5 Å². The van der Waals surface area contributed by atoms with E-state index in [1.165, 1.54) is 0 Å². The molecule has 142 valence electrons. The molecule has 3 heterocycles. The summed E-state index contributed by atoms with van der Waals surface area (Å²) in [6.45, 7) is -0.0314. The molecule has 27 heavy (non-hydrogen) atoms. The molecule has 1 amide bonds. The number of halogens is 2. The zero-order valence-corrected chi connectivity index (χ0v) is 15.0.